The summed E-state index contributed by atoms with van der Waals surface area (Å²) < 4.78 is 5.09. The third kappa shape index (κ3) is 2.50. The summed E-state index contributed by atoms with van der Waals surface area (Å²) in [5.41, 5.74) is 1.33. The van der Waals surface area contributed by atoms with E-state index >= 15 is 0 Å². The maximum Gasteiger partial charge on any atom is 0.338 e. The lowest BCUT2D eigenvalue weighted by Gasteiger charge is -2.05. The molecule has 90 valence electrons. The predicted molar refractivity (Wildman–Crippen MR) is 64.2 cm³/mol. The number of benzene rings is 1. The predicted octanol–water partition coefficient (Wildman–Crippen LogP) is 2.46. The number of carboxylic acids is 1. The zero-order valence-electron chi connectivity index (χ0n) is 9.38. The second-order valence-electron chi connectivity index (χ2n) is 3.62. The van der Waals surface area contributed by atoms with Crippen molar-refractivity contribution in [1.29, 1.82) is 5.26 Å². The monoisotopic (exact) mass is 242 g/mol. The average Bonchev–Trinajstić information content (AvgIpc) is 2.85. The molecule has 0 aliphatic rings. The van der Waals surface area contributed by atoms with Gasteiger partial charge in [-0.25, -0.2) is 4.79 Å². The Kier molecular flexibility index (Phi) is 3.30. The number of furan rings is 1. The van der Waals surface area contributed by atoms with E-state index in [-0.39, 0.29) is 5.56 Å². The lowest BCUT2D eigenvalue weighted by molar-refractivity contribution is 0.0696. The van der Waals surface area contributed by atoms with Crippen LogP contribution in [-0.4, -0.2) is 11.1 Å². The Morgan fingerprint density at radius 2 is 2.22 bits per heavy atom. The van der Waals surface area contributed by atoms with Gasteiger partial charge in [0, 0.05) is 0 Å². The fourth-order valence-electron chi connectivity index (χ4n) is 1.50. The summed E-state index contributed by atoms with van der Waals surface area (Å²) >= 11 is 0. The van der Waals surface area contributed by atoms with Gasteiger partial charge in [-0.05, 0) is 18.2 Å². The van der Waals surface area contributed by atoms with Crippen LogP contribution in [0.15, 0.2) is 41.0 Å². The third-order valence-electron chi connectivity index (χ3n) is 2.40. The first-order valence-corrected chi connectivity index (χ1v) is 5.24. The van der Waals surface area contributed by atoms with Crippen molar-refractivity contribution in [3.05, 3.63) is 53.5 Å². The van der Waals surface area contributed by atoms with Gasteiger partial charge < -0.3 is 14.8 Å². The summed E-state index contributed by atoms with van der Waals surface area (Å²) in [6.45, 7) is 0.325. The molecule has 0 amide bonds. The number of para-hydroxylation sites is 1. The van der Waals surface area contributed by atoms with E-state index < -0.39 is 5.97 Å². The van der Waals surface area contributed by atoms with Crippen LogP contribution in [0, 0.1) is 11.3 Å². The molecule has 0 aliphatic carbocycles. The third-order valence-corrected chi connectivity index (χ3v) is 2.40. The molecule has 2 N–H and O–H groups in total. The Hall–Kier alpha value is -2.74. The maximum atomic E-state index is 10.7. The minimum absolute atomic E-state index is 0.111. The van der Waals surface area contributed by atoms with E-state index in [1.54, 1.807) is 18.2 Å². The number of nitriles is 1. The van der Waals surface area contributed by atoms with Crippen LogP contribution in [0.4, 0.5) is 5.69 Å². The van der Waals surface area contributed by atoms with E-state index in [0.29, 0.717) is 23.6 Å². The Bertz CT molecular complexity index is 611. The minimum Gasteiger partial charge on any atom is -0.478 e. The molecule has 0 saturated heterocycles. The highest BCUT2D eigenvalue weighted by Crippen LogP contribution is 2.16. The highest BCUT2D eigenvalue weighted by molar-refractivity contribution is 5.87. The summed E-state index contributed by atoms with van der Waals surface area (Å²) in [7, 11) is 0. The quantitative estimate of drug-likeness (QED) is 0.860. The molecule has 18 heavy (non-hydrogen) atoms. The minimum atomic E-state index is -1.03. The van der Waals surface area contributed by atoms with Gasteiger partial charge in [0.2, 0.25) is 0 Å². The molecule has 0 aliphatic heterocycles. The smallest absolute Gasteiger partial charge is 0.338 e. The molecule has 5 heteroatoms. The Balaban J connectivity index is 2.07. The van der Waals surface area contributed by atoms with Gasteiger partial charge >= 0.3 is 5.97 Å². The molecule has 0 radical (unpaired) electrons. The number of anilines is 1. The fraction of sp³-hybridized carbons (Fsp3) is 0.0769. The summed E-state index contributed by atoms with van der Waals surface area (Å²) in [4.78, 5) is 10.7. The molecule has 1 heterocycles. The molecule has 2 aromatic rings. The van der Waals surface area contributed by atoms with Crippen LogP contribution in [-0.2, 0) is 6.54 Å². The van der Waals surface area contributed by atoms with Gasteiger partial charge in [0.25, 0.3) is 0 Å². The summed E-state index contributed by atoms with van der Waals surface area (Å²) in [6.07, 6.45) is 1.19. The molecular formula is C13H10N2O3. The van der Waals surface area contributed by atoms with E-state index in [2.05, 4.69) is 11.4 Å². The average molecular weight is 242 g/mol. The largest absolute Gasteiger partial charge is 0.478 e. The van der Waals surface area contributed by atoms with Crippen molar-refractivity contribution in [2.45, 2.75) is 6.54 Å². The van der Waals surface area contributed by atoms with E-state index in [0.717, 1.165) is 0 Å². The maximum absolute atomic E-state index is 10.7. The molecule has 5 nitrogen and oxygen atoms in total. The first kappa shape index (κ1) is 11.7. The van der Waals surface area contributed by atoms with Crippen molar-refractivity contribution in [2.75, 3.05) is 5.32 Å². The fourth-order valence-corrected chi connectivity index (χ4v) is 1.50. The zero-order valence-corrected chi connectivity index (χ0v) is 9.38. The van der Waals surface area contributed by atoms with Gasteiger partial charge in [-0.1, -0.05) is 12.1 Å². The van der Waals surface area contributed by atoms with Crippen LogP contribution in [0.5, 0.6) is 0 Å². The van der Waals surface area contributed by atoms with Crippen molar-refractivity contribution in [3.63, 3.8) is 0 Å². The first-order chi connectivity index (χ1) is 8.70. The molecule has 0 saturated carbocycles. The van der Waals surface area contributed by atoms with Crippen molar-refractivity contribution in [1.82, 2.24) is 0 Å². The van der Waals surface area contributed by atoms with Crippen LogP contribution in [0.1, 0.15) is 21.7 Å². The standard InChI is InChI=1S/C13H10N2O3/c14-6-9-3-1-2-4-12(9)15-7-11-5-10(8-18-11)13(16)17/h1-5,8,15H,7H2,(H,16,17). The van der Waals surface area contributed by atoms with Crippen molar-refractivity contribution >= 4 is 11.7 Å². The molecule has 0 unspecified atom stereocenters. The molecule has 0 spiro atoms. The van der Waals surface area contributed by atoms with Crippen LogP contribution in [0.25, 0.3) is 0 Å². The van der Waals surface area contributed by atoms with Gasteiger partial charge in [0.15, 0.2) is 0 Å². The van der Waals surface area contributed by atoms with Gasteiger partial charge in [0.05, 0.1) is 23.4 Å². The molecule has 2 rings (SSSR count). The number of hydrogen-bond acceptors (Lipinski definition) is 4. The Morgan fingerprint density at radius 3 is 2.89 bits per heavy atom. The molecule has 0 atom stereocenters. The van der Waals surface area contributed by atoms with Gasteiger partial charge in [-0.3, -0.25) is 0 Å². The van der Waals surface area contributed by atoms with E-state index in [9.17, 15) is 4.79 Å². The highest BCUT2D eigenvalue weighted by atomic mass is 16.4. The van der Waals surface area contributed by atoms with Crippen LogP contribution >= 0.6 is 0 Å². The number of nitrogens with one attached hydrogen (secondary N) is 1. The number of aromatic carboxylic acids is 1. The van der Waals surface area contributed by atoms with Gasteiger partial charge in [-0.2, -0.15) is 5.26 Å². The SMILES string of the molecule is N#Cc1ccccc1NCc1cc(C(=O)O)co1. The van der Waals surface area contributed by atoms with Crippen LogP contribution in [0.3, 0.4) is 0 Å². The molecule has 0 bridgehead atoms. The molecule has 1 aromatic carbocycles. The first-order valence-electron chi connectivity index (χ1n) is 5.24. The van der Waals surface area contributed by atoms with Gasteiger partial charge in [-0.15, -0.1) is 0 Å². The zero-order chi connectivity index (χ0) is 13.0. The van der Waals surface area contributed by atoms with E-state index in [1.165, 1.54) is 12.3 Å². The topological polar surface area (TPSA) is 86.3 Å². The number of hydrogen-bond donors (Lipinski definition) is 2. The molecular weight excluding hydrogens is 232 g/mol. The Morgan fingerprint density at radius 1 is 1.44 bits per heavy atom. The van der Waals surface area contributed by atoms with Crippen LogP contribution in [0.2, 0.25) is 0 Å². The van der Waals surface area contributed by atoms with E-state index in [4.69, 9.17) is 14.8 Å². The van der Waals surface area contributed by atoms with Gasteiger partial charge in [0.1, 0.15) is 18.1 Å². The normalized spacial score (nSPS) is 9.72. The number of carboxylic acid groups (broad SMARTS) is 1. The second kappa shape index (κ2) is 5.06. The highest BCUT2D eigenvalue weighted by Gasteiger charge is 2.08. The number of nitrogens with zero attached hydrogens (tertiary/aromatic N) is 1. The summed E-state index contributed by atoms with van der Waals surface area (Å²) in [5.74, 6) is -0.525. The lowest BCUT2D eigenvalue weighted by Crippen LogP contribution is -2.00. The van der Waals surface area contributed by atoms with E-state index in [1.807, 2.05) is 6.07 Å². The van der Waals surface area contributed by atoms with Crippen molar-refractivity contribution in [2.24, 2.45) is 0 Å². The Labute approximate surface area is 103 Å². The molecule has 0 fully saturated rings. The van der Waals surface area contributed by atoms with Crippen molar-refractivity contribution in [3.8, 4) is 6.07 Å². The number of rotatable bonds is 4. The number of carbonyl (C=O) groups is 1. The summed E-state index contributed by atoms with van der Waals surface area (Å²) in [6, 6.07) is 10.6. The van der Waals surface area contributed by atoms with Crippen LogP contribution < -0.4 is 5.32 Å². The van der Waals surface area contributed by atoms with Crippen molar-refractivity contribution < 1.29 is 14.3 Å². The second-order valence-corrected chi connectivity index (χ2v) is 3.62. The summed E-state index contributed by atoms with van der Waals surface area (Å²) in [5, 5.41) is 20.7. The molecule has 1 aromatic heterocycles. The lowest BCUT2D eigenvalue weighted by atomic mass is 10.2.